The number of hydrogen-bond acceptors (Lipinski definition) is 12. The van der Waals surface area contributed by atoms with E-state index in [4.69, 9.17) is 28.9 Å². The fraction of sp³-hybridized carbons (Fsp3) is 0.415. The van der Waals surface area contributed by atoms with Crippen molar-refractivity contribution in [1.29, 1.82) is 0 Å². The van der Waals surface area contributed by atoms with Gasteiger partial charge in [-0.15, -0.1) is 6.58 Å². The number of aliphatic hydroxyl groups is 2. The lowest BCUT2D eigenvalue weighted by Gasteiger charge is -2.60. The second-order valence-electron chi connectivity index (χ2n) is 18.0. The molecule has 4 aliphatic rings. The summed E-state index contributed by atoms with van der Waals surface area (Å²) in [7, 11) is 1.49. The van der Waals surface area contributed by atoms with Crippen LogP contribution in [0, 0.1) is 39.6 Å². The first-order chi connectivity index (χ1) is 33.1. The van der Waals surface area contributed by atoms with E-state index in [1.54, 1.807) is 54.6 Å². The van der Waals surface area contributed by atoms with E-state index in [-0.39, 0.29) is 74.7 Å². The van der Waals surface area contributed by atoms with E-state index in [9.17, 15) is 34.3 Å². The first-order valence-corrected chi connectivity index (χ1v) is 23.4. The molecule has 1 aliphatic heterocycles. The minimum absolute atomic E-state index is 0.00681. The van der Waals surface area contributed by atoms with Crippen LogP contribution in [0.3, 0.4) is 0 Å². The molecule has 0 aromatic heterocycles. The minimum atomic E-state index is -1.53. The van der Waals surface area contributed by atoms with Gasteiger partial charge >= 0.3 is 0 Å². The molecule has 6 atom stereocenters. The number of carbonyl (C=O) groups excluding carboxylic acids is 2. The number of aldehydes is 1. The molecule has 15 heteroatoms. The lowest BCUT2D eigenvalue weighted by molar-refractivity contribution is -0.384. The van der Waals surface area contributed by atoms with Crippen molar-refractivity contribution >= 4 is 23.6 Å². The number of halogens is 1. The summed E-state index contributed by atoms with van der Waals surface area (Å²) in [6.07, 6.45) is 10.3. The fourth-order valence-electron chi connectivity index (χ4n) is 10.3. The number of methoxy groups -OCH3 is 1. The van der Waals surface area contributed by atoms with E-state index in [2.05, 4.69) is 12.7 Å². The number of amides is 1. The molecule has 0 bridgehead atoms. The van der Waals surface area contributed by atoms with Crippen molar-refractivity contribution in [2.24, 2.45) is 28.8 Å². The number of rotatable bonds is 23. The van der Waals surface area contributed by atoms with E-state index in [0.717, 1.165) is 43.2 Å². The number of aliphatic hydroxyl groups excluding tert-OH is 2. The maximum Gasteiger partial charge on any atom is 0.269 e. The Bertz CT molecular complexity index is 2510. The lowest BCUT2D eigenvalue weighted by atomic mass is 9.55. The van der Waals surface area contributed by atoms with Gasteiger partial charge in [0.2, 0.25) is 11.7 Å². The summed E-state index contributed by atoms with van der Waals surface area (Å²) >= 11 is 0. The average Bonchev–Trinajstić information content (AvgIpc) is 4.21. The van der Waals surface area contributed by atoms with E-state index in [1.165, 1.54) is 31.4 Å². The van der Waals surface area contributed by atoms with Crippen LogP contribution in [0.5, 0.6) is 23.0 Å². The summed E-state index contributed by atoms with van der Waals surface area (Å²) in [5, 5.41) is 36.3. The number of benzene rings is 4. The first kappa shape index (κ1) is 48.1. The normalized spacial score (nSPS) is 23.0. The highest BCUT2D eigenvalue weighted by Gasteiger charge is 2.66. The molecule has 4 aromatic carbocycles. The molecular formula is C53H58FN3O11. The third-order valence-corrected chi connectivity index (χ3v) is 13.6. The van der Waals surface area contributed by atoms with Gasteiger partial charge in [-0.2, -0.15) is 0 Å². The predicted molar refractivity (Wildman–Crippen MR) is 251 cm³/mol. The lowest BCUT2D eigenvalue weighted by Crippen LogP contribution is -2.70. The summed E-state index contributed by atoms with van der Waals surface area (Å²) in [6, 6.07) is 22.0. The molecule has 8 rings (SSSR count). The molecule has 2 saturated carbocycles. The van der Waals surface area contributed by atoms with Crippen LogP contribution in [0.15, 0.2) is 114 Å². The van der Waals surface area contributed by atoms with E-state index in [0.29, 0.717) is 70.9 Å². The van der Waals surface area contributed by atoms with Crippen LogP contribution in [-0.2, 0) is 27.5 Å². The van der Waals surface area contributed by atoms with Crippen LogP contribution >= 0.6 is 0 Å². The van der Waals surface area contributed by atoms with Crippen molar-refractivity contribution < 1.29 is 52.9 Å². The Balaban J connectivity index is 1.32. The minimum Gasteiger partial charge on any atom is -0.496 e. The number of nitrogens with zero attached hydrogens (tertiary/aromatic N) is 3. The molecule has 1 amide bonds. The highest BCUT2D eigenvalue weighted by molar-refractivity contribution is 6.03. The summed E-state index contributed by atoms with van der Waals surface area (Å²) in [5.74, 6) is -1.43. The van der Waals surface area contributed by atoms with E-state index in [1.807, 2.05) is 17.0 Å². The third-order valence-electron chi connectivity index (χ3n) is 13.6. The second kappa shape index (κ2) is 21.7. The Morgan fingerprint density at radius 2 is 1.68 bits per heavy atom. The predicted octanol–water partition coefficient (Wildman–Crippen LogP) is 9.62. The molecule has 68 heavy (non-hydrogen) atoms. The topological polar surface area (TPSA) is 179 Å². The van der Waals surface area contributed by atoms with Crippen molar-refractivity contribution in [1.82, 2.24) is 4.90 Å². The monoisotopic (exact) mass is 931 g/mol. The molecule has 6 unspecified atom stereocenters. The maximum absolute atomic E-state index is 14.9. The zero-order valence-corrected chi connectivity index (χ0v) is 38.2. The molecule has 2 N–H and O–H groups in total. The Morgan fingerprint density at radius 1 is 0.971 bits per heavy atom. The molecule has 4 aromatic rings. The van der Waals surface area contributed by atoms with Gasteiger partial charge in [-0.25, -0.2) is 4.39 Å². The quantitative estimate of drug-likeness (QED) is 0.0238. The van der Waals surface area contributed by atoms with Crippen LogP contribution in [0.1, 0.15) is 90.8 Å². The van der Waals surface area contributed by atoms with Crippen LogP contribution < -0.4 is 14.2 Å². The molecular weight excluding hydrogens is 874 g/mol. The Hall–Kier alpha value is -6.42. The van der Waals surface area contributed by atoms with Gasteiger partial charge in [0.1, 0.15) is 41.5 Å². The van der Waals surface area contributed by atoms with Crippen molar-refractivity contribution in [2.75, 3.05) is 26.9 Å². The summed E-state index contributed by atoms with van der Waals surface area (Å²) in [4.78, 5) is 45.8. The van der Waals surface area contributed by atoms with Crippen LogP contribution in [0.2, 0.25) is 0 Å². The second-order valence-corrected chi connectivity index (χ2v) is 18.0. The zero-order valence-electron chi connectivity index (χ0n) is 38.2. The highest BCUT2D eigenvalue weighted by atomic mass is 19.1. The molecule has 2 fully saturated rings. The van der Waals surface area contributed by atoms with Gasteiger partial charge in [-0.05, 0) is 128 Å². The van der Waals surface area contributed by atoms with Gasteiger partial charge in [-0.3, -0.25) is 19.7 Å². The Kier molecular flexibility index (Phi) is 15.3. The molecule has 14 nitrogen and oxygen atoms in total. The van der Waals surface area contributed by atoms with Gasteiger partial charge in [0.15, 0.2) is 6.29 Å². The largest absolute Gasteiger partial charge is 0.496 e. The average molecular weight is 932 g/mol. The first-order valence-electron chi connectivity index (χ1n) is 23.4. The number of carbonyl (C=O) groups is 2. The van der Waals surface area contributed by atoms with Gasteiger partial charge in [0.05, 0.1) is 35.8 Å². The SMILES string of the molecule is C=CCOC12Oc3ccc(Oc4ccc(OC)c(C=O)c4)cc3C3C(CCCCO)C(CCCCO)C=C(C(=NOCc4ccc([N+](=O)[O-])cc4)CC1N(Cc1ccc(F)cc1)C(=O)C1CC1)C32. The molecule has 0 spiro atoms. The molecule has 1 heterocycles. The molecule has 0 radical (unpaired) electrons. The van der Waals surface area contributed by atoms with E-state index >= 15 is 0 Å². The Morgan fingerprint density at radius 3 is 2.35 bits per heavy atom. The van der Waals surface area contributed by atoms with Gasteiger partial charge in [0.25, 0.3) is 5.69 Å². The summed E-state index contributed by atoms with van der Waals surface area (Å²) in [5.41, 5.74) is 3.91. The number of oxime groups is 1. The number of non-ortho nitro benzene ring substituents is 1. The fourth-order valence-corrected chi connectivity index (χ4v) is 10.3. The van der Waals surface area contributed by atoms with Crippen molar-refractivity contribution in [3.8, 4) is 23.0 Å². The number of unbranched alkanes of at least 4 members (excludes halogenated alkanes) is 2. The Labute approximate surface area is 395 Å². The van der Waals surface area contributed by atoms with Crippen LogP contribution in [0.25, 0.3) is 0 Å². The highest BCUT2D eigenvalue weighted by Crippen LogP contribution is 2.62. The molecule has 3 aliphatic carbocycles. The van der Waals surface area contributed by atoms with Crippen LogP contribution in [-0.4, -0.2) is 76.7 Å². The van der Waals surface area contributed by atoms with Gasteiger partial charge in [-0.1, -0.05) is 42.3 Å². The summed E-state index contributed by atoms with van der Waals surface area (Å²) in [6.45, 7) is 4.30. The number of nitro groups is 1. The number of ether oxygens (including phenoxy) is 4. The van der Waals surface area contributed by atoms with Crippen molar-refractivity contribution in [3.63, 3.8) is 0 Å². The van der Waals surface area contributed by atoms with Gasteiger partial charge < -0.3 is 38.9 Å². The standard InChI is InChI=1S/C53H58FN3O11/c1-3-26-65-53-49(56(52(61)36-14-15-36)31-34-10-16-39(54)17-11-34)30-46(55-66-33-35-12-18-40(19-13-35)57(62)63)44-28-37(8-4-6-24-58)43(9-5-7-25-59)50(51(44)53)45-29-42(21-23-48(45)68-53)67-41-20-22-47(64-2)38(27-41)32-60/h3,10-13,16-23,27-29,32,36-37,43,49-51,58-59H,1,4-9,14-15,24-26,30-31,33H2,2H3. The molecule has 0 saturated heterocycles. The summed E-state index contributed by atoms with van der Waals surface area (Å²) < 4.78 is 40.7. The van der Waals surface area contributed by atoms with Crippen molar-refractivity contribution in [3.05, 3.63) is 147 Å². The van der Waals surface area contributed by atoms with Crippen molar-refractivity contribution in [2.45, 2.75) is 88.7 Å². The molecule has 358 valence electrons. The van der Waals surface area contributed by atoms with E-state index < -0.39 is 28.5 Å². The number of allylic oxidation sites excluding steroid dienone is 1. The number of fused-ring (bicyclic) bond motifs is 2. The zero-order chi connectivity index (χ0) is 47.8. The van der Waals surface area contributed by atoms with Gasteiger partial charge in [0, 0.05) is 55.7 Å². The maximum atomic E-state index is 14.9. The number of hydrogen-bond donors (Lipinski definition) is 2. The third kappa shape index (κ3) is 10.3. The smallest absolute Gasteiger partial charge is 0.269 e. The van der Waals surface area contributed by atoms with Crippen LogP contribution in [0.4, 0.5) is 10.1 Å². The number of nitro benzene ring substituents is 1.